The smallest absolute Gasteiger partial charge is 0.248 e. The van der Waals surface area contributed by atoms with Gasteiger partial charge in [-0.25, -0.2) is 13.4 Å². The maximum absolute atomic E-state index is 12.6. The molecule has 10 heteroatoms. The van der Waals surface area contributed by atoms with Gasteiger partial charge in [0.25, 0.3) is 0 Å². The van der Waals surface area contributed by atoms with Gasteiger partial charge in [-0.1, -0.05) is 45.0 Å². The molecule has 190 valence electrons. The minimum absolute atomic E-state index is 0.0396. The van der Waals surface area contributed by atoms with Gasteiger partial charge in [0.15, 0.2) is 15.0 Å². The molecule has 1 atom stereocenters. The van der Waals surface area contributed by atoms with Crippen molar-refractivity contribution in [2.24, 2.45) is 11.7 Å². The van der Waals surface area contributed by atoms with Crippen molar-refractivity contribution >= 4 is 38.1 Å². The van der Waals surface area contributed by atoms with Crippen LogP contribution in [0.25, 0.3) is 0 Å². The van der Waals surface area contributed by atoms with Gasteiger partial charge in [-0.3, -0.25) is 14.5 Å². The van der Waals surface area contributed by atoms with Crippen molar-refractivity contribution in [3.63, 3.8) is 0 Å². The first-order valence-corrected chi connectivity index (χ1v) is 14.3. The van der Waals surface area contributed by atoms with Gasteiger partial charge in [-0.05, 0) is 41.3 Å². The summed E-state index contributed by atoms with van der Waals surface area (Å²) in [6.07, 6.45) is 0.137. The summed E-state index contributed by atoms with van der Waals surface area (Å²) in [6.45, 7) is 7.37. The number of hydrogen-bond donors (Lipinski definition) is 2. The van der Waals surface area contributed by atoms with Crippen molar-refractivity contribution in [2.75, 3.05) is 11.1 Å². The fraction of sp³-hybridized carbons (Fsp3) is 0.346. The van der Waals surface area contributed by atoms with Crippen molar-refractivity contribution in [1.82, 2.24) is 9.88 Å². The third kappa shape index (κ3) is 5.66. The van der Waals surface area contributed by atoms with Crippen LogP contribution in [0.15, 0.2) is 53.4 Å². The minimum Gasteiger partial charge on any atom is -0.366 e. The highest BCUT2D eigenvalue weighted by Crippen LogP contribution is 2.43. The quantitative estimate of drug-likeness (QED) is 0.436. The van der Waals surface area contributed by atoms with Crippen LogP contribution < -0.4 is 11.1 Å². The highest BCUT2D eigenvalue weighted by atomic mass is 32.2. The summed E-state index contributed by atoms with van der Waals surface area (Å²) in [5, 5.41) is 3.48. The van der Waals surface area contributed by atoms with E-state index in [1.807, 2.05) is 12.1 Å². The summed E-state index contributed by atoms with van der Waals surface area (Å²) >= 11 is 1.49. The summed E-state index contributed by atoms with van der Waals surface area (Å²) in [5.74, 6) is -0.274. The van der Waals surface area contributed by atoms with E-state index in [9.17, 15) is 18.0 Å². The van der Waals surface area contributed by atoms with Gasteiger partial charge in [-0.2, -0.15) is 0 Å². The number of rotatable bonds is 9. The lowest BCUT2D eigenvalue weighted by atomic mass is 10.0. The first-order chi connectivity index (χ1) is 17.1. The van der Waals surface area contributed by atoms with Crippen LogP contribution in [0, 0.1) is 5.92 Å². The Morgan fingerprint density at radius 3 is 2.33 bits per heavy atom. The largest absolute Gasteiger partial charge is 0.366 e. The molecule has 2 aromatic carbocycles. The molecule has 0 radical (unpaired) electrons. The number of carbonyl (C=O) groups excluding carboxylic acids is 2. The van der Waals surface area contributed by atoms with Gasteiger partial charge >= 0.3 is 0 Å². The van der Waals surface area contributed by atoms with Crippen molar-refractivity contribution in [2.45, 2.75) is 51.2 Å². The van der Waals surface area contributed by atoms with E-state index in [4.69, 9.17) is 10.7 Å². The number of benzene rings is 2. The molecule has 3 N–H and O–H groups in total. The number of sulfone groups is 1. The van der Waals surface area contributed by atoms with E-state index in [2.05, 4.69) is 24.1 Å². The van der Waals surface area contributed by atoms with Crippen LogP contribution in [0.3, 0.4) is 0 Å². The Hall–Kier alpha value is -3.08. The van der Waals surface area contributed by atoms with Gasteiger partial charge in [0.2, 0.25) is 11.8 Å². The van der Waals surface area contributed by atoms with Crippen molar-refractivity contribution in [3.8, 4) is 0 Å². The average molecular weight is 527 g/mol. The summed E-state index contributed by atoms with van der Waals surface area (Å²) < 4.78 is 24.0. The molecule has 4 rings (SSSR count). The number of aromatic nitrogens is 1. The lowest BCUT2D eigenvalue weighted by Crippen LogP contribution is -2.26. The van der Waals surface area contributed by atoms with Gasteiger partial charge < -0.3 is 11.1 Å². The number of nitrogens with one attached hydrogen (secondary N) is 1. The van der Waals surface area contributed by atoms with Crippen LogP contribution in [0.5, 0.6) is 0 Å². The van der Waals surface area contributed by atoms with Crippen molar-refractivity contribution in [3.05, 3.63) is 75.8 Å². The molecular formula is C26H30N4O4S2. The molecule has 0 saturated heterocycles. The molecule has 1 aliphatic heterocycles. The zero-order valence-corrected chi connectivity index (χ0v) is 22.2. The van der Waals surface area contributed by atoms with E-state index < -0.39 is 15.7 Å². The van der Waals surface area contributed by atoms with Gasteiger partial charge in [0.05, 0.1) is 28.8 Å². The molecule has 1 aliphatic rings. The molecule has 3 aromatic rings. The molecule has 36 heavy (non-hydrogen) atoms. The highest BCUT2D eigenvalue weighted by Gasteiger charge is 2.36. The molecular weight excluding hydrogens is 496 g/mol. The Morgan fingerprint density at radius 2 is 1.75 bits per heavy atom. The number of thiazole rings is 1. The van der Waals surface area contributed by atoms with Gasteiger partial charge in [-0.15, -0.1) is 11.3 Å². The molecule has 0 fully saturated rings. The molecule has 0 saturated carbocycles. The minimum atomic E-state index is -3.26. The average Bonchev–Trinajstić information content (AvgIpc) is 3.35. The van der Waals surface area contributed by atoms with E-state index in [0.29, 0.717) is 16.6 Å². The molecule has 1 aromatic heterocycles. The summed E-state index contributed by atoms with van der Waals surface area (Å²) in [4.78, 5) is 32.5. The Balaban J connectivity index is 1.41. The SMILES string of the molecule is CCS(=O)(=O)c1ccc(CC(=O)Nc2nc3c(s2)CN(Cc2ccc(C(N)=O)cc2)[C@H]3C(C)C)cc1. The first kappa shape index (κ1) is 26.0. The van der Waals surface area contributed by atoms with E-state index in [1.165, 1.54) is 11.3 Å². The third-order valence-electron chi connectivity index (χ3n) is 6.28. The zero-order valence-electron chi connectivity index (χ0n) is 20.5. The van der Waals surface area contributed by atoms with E-state index >= 15 is 0 Å². The summed E-state index contributed by atoms with van der Waals surface area (Å²) in [5.41, 5.74) is 8.65. The third-order valence-corrected chi connectivity index (χ3v) is 9.00. The van der Waals surface area contributed by atoms with Crippen LogP contribution in [-0.2, 0) is 34.1 Å². The molecule has 2 heterocycles. The number of amides is 2. The summed E-state index contributed by atoms with van der Waals surface area (Å²) in [7, 11) is -3.26. The molecule has 0 unspecified atom stereocenters. The second-order valence-electron chi connectivity index (χ2n) is 9.25. The molecule has 0 spiro atoms. The lowest BCUT2D eigenvalue weighted by Gasteiger charge is -2.27. The first-order valence-electron chi connectivity index (χ1n) is 11.8. The van der Waals surface area contributed by atoms with Crippen LogP contribution in [-0.4, -0.2) is 35.9 Å². The Labute approximate surface area is 215 Å². The Morgan fingerprint density at radius 1 is 1.11 bits per heavy atom. The standard InChI is InChI=1S/C26H30N4O4S2/c1-4-36(33,34)20-11-7-17(8-12-20)13-22(31)28-26-29-23-21(35-26)15-30(24(23)16(2)3)14-18-5-9-19(10-6-18)25(27)32/h5-12,16,24H,4,13-15H2,1-3H3,(H2,27,32)(H,28,29,31)/t24-/m0/s1. The highest BCUT2D eigenvalue weighted by molar-refractivity contribution is 7.91. The van der Waals surface area contributed by atoms with Crippen LogP contribution in [0.1, 0.15) is 58.9 Å². The maximum atomic E-state index is 12.6. The van der Waals surface area contributed by atoms with Crippen LogP contribution in [0.4, 0.5) is 5.13 Å². The number of fused-ring (bicyclic) bond motifs is 1. The lowest BCUT2D eigenvalue weighted by molar-refractivity contribution is -0.115. The van der Waals surface area contributed by atoms with Crippen LogP contribution >= 0.6 is 11.3 Å². The topological polar surface area (TPSA) is 122 Å². The molecule has 2 amide bonds. The van der Waals surface area contributed by atoms with E-state index in [0.717, 1.165) is 34.8 Å². The molecule has 8 nitrogen and oxygen atoms in total. The fourth-order valence-electron chi connectivity index (χ4n) is 4.45. The summed E-state index contributed by atoms with van der Waals surface area (Å²) in [6, 6.07) is 13.9. The molecule has 0 aliphatic carbocycles. The van der Waals surface area contributed by atoms with E-state index in [1.54, 1.807) is 43.3 Å². The molecule has 0 bridgehead atoms. The maximum Gasteiger partial charge on any atom is 0.248 e. The zero-order chi connectivity index (χ0) is 26.0. The second-order valence-corrected chi connectivity index (χ2v) is 12.6. The Bertz CT molecular complexity index is 1360. The second kappa shape index (κ2) is 10.5. The van der Waals surface area contributed by atoms with Crippen molar-refractivity contribution < 1.29 is 18.0 Å². The van der Waals surface area contributed by atoms with Gasteiger partial charge in [0, 0.05) is 23.5 Å². The number of anilines is 1. The predicted molar refractivity (Wildman–Crippen MR) is 140 cm³/mol. The number of nitrogens with zero attached hydrogens (tertiary/aromatic N) is 2. The number of primary amides is 1. The van der Waals surface area contributed by atoms with Crippen molar-refractivity contribution in [1.29, 1.82) is 0 Å². The number of hydrogen-bond acceptors (Lipinski definition) is 7. The Kier molecular flexibility index (Phi) is 7.58. The van der Waals surface area contributed by atoms with Gasteiger partial charge in [0.1, 0.15) is 0 Å². The number of nitrogens with two attached hydrogens (primary N) is 1. The number of carbonyl (C=O) groups is 2. The van der Waals surface area contributed by atoms with E-state index in [-0.39, 0.29) is 29.0 Å². The fourth-order valence-corrected chi connectivity index (χ4v) is 6.38. The monoisotopic (exact) mass is 526 g/mol. The van der Waals surface area contributed by atoms with Crippen LogP contribution in [0.2, 0.25) is 0 Å². The predicted octanol–water partition coefficient (Wildman–Crippen LogP) is 3.93. The normalized spacial score (nSPS) is 15.7.